The van der Waals surface area contributed by atoms with Crippen molar-refractivity contribution in [1.82, 2.24) is 24.5 Å². The second-order valence-corrected chi connectivity index (χ2v) is 7.20. The molecule has 0 N–H and O–H groups in total. The molecule has 2 aromatic heterocycles. The Labute approximate surface area is 155 Å². The van der Waals surface area contributed by atoms with Crippen LogP contribution in [0.3, 0.4) is 0 Å². The van der Waals surface area contributed by atoms with Crippen LogP contribution in [0.5, 0.6) is 0 Å². The molecule has 2 aromatic rings. The molecule has 27 heavy (non-hydrogen) atoms. The lowest BCUT2D eigenvalue weighted by Crippen LogP contribution is -2.49. The third kappa shape index (κ3) is 4.30. The van der Waals surface area contributed by atoms with Crippen molar-refractivity contribution in [2.75, 3.05) is 31.1 Å². The highest BCUT2D eigenvalue weighted by Crippen LogP contribution is 2.28. The number of carbonyl (C=O) groups excluding carboxylic acids is 1. The number of aromatic nitrogens is 4. The van der Waals surface area contributed by atoms with Crippen LogP contribution in [0, 0.1) is 12.8 Å². The SMILES string of the molecule is Cc1cc(N2CCN(C(=O)CCC(C)C)CC2)n2nc(C(F)(F)F)nc2n1. The van der Waals surface area contributed by atoms with Gasteiger partial charge in [0.25, 0.3) is 11.6 Å². The van der Waals surface area contributed by atoms with Gasteiger partial charge in [-0.05, 0) is 19.3 Å². The molecule has 10 heteroatoms. The van der Waals surface area contributed by atoms with Gasteiger partial charge in [0.1, 0.15) is 5.82 Å². The van der Waals surface area contributed by atoms with Crippen LogP contribution in [0.1, 0.15) is 38.2 Å². The summed E-state index contributed by atoms with van der Waals surface area (Å²) in [7, 11) is 0. The summed E-state index contributed by atoms with van der Waals surface area (Å²) in [6.07, 6.45) is -3.25. The number of halogens is 3. The molecule has 7 nitrogen and oxygen atoms in total. The van der Waals surface area contributed by atoms with Crippen LogP contribution in [0.2, 0.25) is 0 Å². The normalized spacial score (nSPS) is 15.8. The number of fused-ring (bicyclic) bond motifs is 1. The van der Waals surface area contributed by atoms with E-state index < -0.39 is 12.0 Å². The van der Waals surface area contributed by atoms with Crippen LogP contribution in [0.15, 0.2) is 6.07 Å². The smallest absolute Gasteiger partial charge is 0.353 e. The lowest BCUT2D eigenvalue weighted by molar-refractivity contribution is -0.144. The average Bonchev–Trinajstić information content (AvgIpc) is 3.03. The number of piperazine rings is 1. The van der Waals surface area contributed by atoms with E-state index in [1.807, 2.05) is 9.80 Å². The van der Waals surface area contributed by atoms with Crippen molar-refractivity contribution < 1.29 is 18.0 Å². The first-order valence-corrected chi connectivity index (χ1v) is 8.99. The van der Waals surface area contributed by atoms with E-state index in [0.717, 1.165) is 10.9 Å². The van der Waals surface area contributed by atoms with Crippen LogP contribution in [-0.4, -0.2) is 56.6 Å². The van der Waals surface area contributed by atoms with Crippen molar-refractivity contribution in [3.8, 4) is 0 Å². The standard InChI is InChI=1S/C17H23F3N6O/c1-11(2)4-5-14(27)25-8-6-24(7-9-25)13-10-12(3)21-16-22-15(17(18,19)20)23-26(13)16/h10-11H,4-9H2,1-3H3. The fourth-order valence-electron chi connectivity index (χ4n) is 3.07. The van der Waals surface area contributed by atoms with Crippen molar-refractivity contribution in [3.05, 3.63) is 17.6 Å². The third-order valence-corrected chi connectivity index (χ3v) is 4.57. The van der Waals surface area contributed by atoms with Crippen LogP contribution < -0.4 is 4.90 Å². The fraction of sp³-hybridized carbons (Fsp3) is 0.647. The van der Waals surface area contributed by atoms with E-state index in [1.165, 1.54) is 0 Å². The number of carbonyl (C=O) groups is 1. The number of aryl methyl sites for hydroxylation is 1. The monoisotopic (exact) mass is 384 g/mol. The Bertz CT molecular complexity index is 824. The average molecular weight is 384 g/mol. The molecule has 1 amide bonds. The molecule has 0 radical (unpaired) electrons. The van der Waals surface area contributed by atoms with E-state index >= 15 is 0 Å². The summed E-state index contributed by atoms with van der Waals surface area (Å²) < 4.78 is 40.0. The van der Waals surface area contributed by atoms with Crippen LogP contribution >= 0.6 is 0 Å². The maximum absolute atomic E-state index is 12.9. The van der Waals surface area contributed by atoms with E-state index in [0.29, 0.717) is 50.0 Å². The number of amides is 1. The highest BCUT2D eigenvalue weighted by Gasteiger charge is 2.37. The van der Waals surface area contributed by atoms with Crippen molar-refractivity contribution in [2.24, 2.45) is 5.92 Å². The second kappa shape index (κ2) is 7.32. The molecule has 1 aliphatic rings. The summed E-state index contributed by atoms with van der Waals surface area (Å²) in [5, 5.41) is 3.60. The minimum absolute atomic E-state index is 0.0761. The van der Waals surface area contributed by atoms with Gasteiger partial charge in [-0.2, -0.15) is 22.7 Å². The lowest BCUT2D eigenvalue weighted by atomic mass is 10.1. The summed E-state index contributed by atoms with van der Waals surface area (Å²) >= 11 is 0. The van der Waals surface area contributed by atoms with E-state index in [2.05, 4.69) is 28.9 Å². The molecule has 3 heterocycles. The molecule has 0 aromatic carbocycles. The predicted molar refractivity (Wildman–Crippen MR) is 93.4 cm³/mol. The van der Waals surface area contributed by atoms with E-state index in [1.54, 1.807) is 13.0 Å². The highest BCUT2D eigenvalue weighted by molar-refractivity contribution is 5.76. The molecule has 0 bridgehead atoms. The molecule has 1 fully saturated rings. The van der Waals surface area contributed by atoms with Gasteiger partial charge in [-0.25, -0.2) is 4.98 Å². The molecule has 1 aliphatic heterocycles. The van der Waals surface area contributed by atoms with Crippen LogP contribution in [0.25, 0.3) is 5.78 Å². The molecular formula is C17H23F3N6O. The topological polar surface area (TPSA) is 66.6 Å². The molecule has 148 valence electrons. The van der Waals surface area contributed by atoms with Gasteiger partial charge in [0, 0.05) is 44.4 Å². The van der Waals surface area contributed by atoms with Gasteiger partial charge in [-0.3, -0.25) is 4.79 Å². The Kier molecular flexibility index (Phi) is 5.25. The summed E-state index contributed by atoms with van der Waals surface area (Å²) in [5.41, 5.74) is 0.564. The van der Waals surface area contributed by atoms with Crippen LogP contribution in [-0.2, 0) is 11.0 Å². The predicted octanol–water partition coefficient (Wildman–Crippen LogP) is 2.54. The number of rotatable bonds is 4. The van der Waals surface area contributed by atoms with E-state index in [-0.39, 0.29) is 11.7 Å². The molecule has 0 saturated carbocycles. The molecule has 1 saturated heterocycles. The van der Waals surface area contributed by atoms with E-state index in [9.17, 15) is 18.0 Å². The van der Waals surface area contributed by atoms with Gasteiger partial charge in [-0.1, -0.05) is 13.8 Å². The van der Waals surface area contributed by atoms with Gasteiger partial charge in [0.2, 0.25) is 5.91 Å². The van der Waals surface area contributed by atoms with Gasteiger partial charge in [0.05, 0.1) is 0 Å². The van der Waals surface area contributed by atoms with Gasteiger partial charge < -0.3 is 9.80 Å². The maximum atomic E-state index is 12.9. The minimum Gasteiger partial charge on any atom is -0.353 e. The number of nitrogens with zero attached hydrogens (tertiary/aromatic N) is 6. The third-order valence-electron chi connectivity index (χ3n) is 4.57. The summed E-state index contributed by atoms with van der Waals surface area (Å²) in [6, 6.07) is 1.69. The van der Waals surface area contributed by atoms with Crippen molar-refractivity contribution in [2.45, 2.75) is 39.8 Å². The summed E-state index contributed by atoms with van der Waals surface area (Å²) in [4.78, 5) is 23.6. The van der Waals surface area contributed by atoms with Gasteiger partial charge in [-0.15, -0.1) is 5.10 Å². The zero-order valence-electron chi connectivity index (χ0n) is 15.6. The quantitative estimate of drug-likeness (QED) is 0.811. The molecule has 0 spiro atoms. The second-order valence-electron chi connectivity index (χ2n) is 7.20. The number of hydrogen-bond donors (Lipinski definition) is 0. The largest absolute Gasteiger partial charge is 0.453 e. The number of hydrogen-bond acceptors (Lipinski definition) is 5. The zero-order valence-corrected chi connectivity index (χ0v) is 15.6. The highest BCUT2D eigenvalue weighted by atomic mass is 19.4. The lowest BCUT2D eigenvalue weighted by Gasteiger charge is -2.36. The van der Waals surface area contributed by atoms with Gasteiger partial charge in [0.15, 0.2) is 0 Å². The molecule has 0 unspecified atom stereocenters. The maximum Gasteiger partial charge on any atom is 0.453 e. The molecule has 3 rings (SSSR count). The molecule has 0 aliphatic carbocycles. The number of alkyl halides is 3. The Morgan fingerprint density at radius 3 is 2.44 bits per heavy atom. The van der Waals surface area contributed by atoms with Crippen LogP contribution in [0.4, 0.5) is 19.0 Å². The van der Waals surface area contributed by atoms with Gasteiger partial charge >= 0.3 is 6.18 Å². The Morgan fingerprint density at radius 2 is 1.85 bits per heavy atom. The summed E-state index contributed by atoms with van der Waals surface area (Å²) in [5.74, 6) is -0.176. The minimum atomic E-state index is -4.62. The Hall–Kier alpha value is -2.39. The van der Waals surface area contributed by atoms with E-state index in [4.69, 9.17) is 0 Å². The van der Waals surface area contributed by atoms with Crippen molar-refractivity contribution in [1.29, 1.82) is 0 Å². The molecule has 0 atom stereocenters. The van der Waals surface area contributed by atoms with Crippen molar-refractivity contribution in [3.63, 3.8) is 0 Å². The number of anilines is 1. The first kappa shape index (κ1) is 19.4. The zero-order chi connectivity index (χ0) is 19.8. The summed E-state index contributed by atoms with van der Waals surface area (Å²) in [6.45, 7) is 7.96. The molecular weight excluding hydrogens is 361 g/mol. The Morgan fingerprint density at radius 1 is 1.19 bits per heavy atom. The fourth-order valence-corrected chi connectivity index (χ4v) is 3.07. The first-order valence-electron chi connectivity index (χ1n) is 8.99. The van der Waals surface area contributed by atoms with Crippen molar-refractivity contribution >= 4 is 17.5 Å². The Balaban J connectivity index is 1.77. The first-order chi connectivity index (χ1) is 12.6.